The molecule has 0 spiro atoms. The molecule has 0 unspecified atom stereocenters. The minimum absolute atomic E-state index is 0.156. The summed E-state index contributed by atoms with van der Waals surface area (Å²) < 4.78 is 44.7. The molecule has 5 nitrogen and oxygen atoms in total. The van der Waals surface area contributed by atoms with Crippen molar-refractivity contribution in [2.75, 3.05) is 0 Å². The summed E-state index contributed by atoms with van der Waals surface area (Å²) in [4.78, 5) is 0. The molecule has 0 N–H and O–H groups in total. The largest absolute Gasteiger partial charge is 0.417 e. The molecule has 0 aliphatic carbocycles. The summed E-state index contributed by atoms with van der Waals surface area (Å²) in [5.74, 6) is 0.407. The highest BCUT2D eigenvalue weighted by Gasteiger charge is 2.30. The monoisotopic (exact) mass is 320 g/mol. The lowest BCUT2D eigenvalue weighted by atomic mass is 10.1. The zero-order chi connectivity index (χ0) is 16.4. The van der Waals surface area contributed by atoms with E-state index in [9.17, 15) is 13.2 Å². The number of aromatic nitrogens is 4. The van der Waals surface area contributed by atoms with Gasteiger partial charge in [0.05, 0.1) is 11.3 Å². The van der Waals surface area contributed by atoms with Crippen molar-refractivity contribution in [2.45, 2.75) is 6.18 Å². The molecule has 0 fully saturated rings. The molecule has 0 saturated heterocycles. The van der Waals surface area contributed by atoms with E-state index in [0.717, 1.165) is 17.8 Å². The van der Waals surface area contributed by atoms with E-state index in [4.69, 9.17) is 4.42 Å². The van der Waals surface area contributed by atoms with Crippen molar-refractivity contribution >= 4 is 12.2 Å². The maximum atomic E-state index is 12.5. The van der Waals surface area contributed by atoms with Crippen molar-refractivity contribution in [1.82, 2.24) is 20.0 Å². The molecular formula is C15H11F3N4O. The smallest absolute Gasteiger partial charge is 0.416 e. The van der Waals surface area contributed by atoms with Gasteiger partial charge in [-0.1, -0.05) is 0 Å². The Kier molecular flexibility index (Phi) is 3.73. The third-order valence-corrected chi connectivity index (χ3v) is 3.16. The molecule has 23 heavy (non-hydrogen) atoms. The Labute approximate surface area is 129 Å². The van der Waals surface area contributed by atoms with Gasteiger partial charge >= 0.3 is 6.18 Å². The first kappa shape index (κ1) is 15.0. The van der Waals surface area contributed by atoms with Crippen molar-refractivity contribution in [1.29, 1.82) is 0 Å². The van der Waals surface area contributed by atoms with Crippen LogP contribution in [0.4, 0.5) is 13.2 Å². The van der Waals surface area contributed by atoms with Crippen LogP contribution in [0.15, 0.2) is 40.9 Å². The van der Waals surface area contributed by atoms with Crippen LogP contribution in [0.5, 0.6) is 0 Å². The number of halogens is 3. The van der Waals surface area contributed by atoms with Crippen LogP contribution in [0, 0.1) is 0 Å². The van der Waals surface area contributed by atoms with Gasteiger partial charge in [0.15, 0.2) is 0 Å². The van der Waals surface area contributed by atoms with Gasteiger partial charge in [-0.05, 0) is 36.4 Å². The first-order valence-corrected chi connectivity index (χ1v) is 6.61. The number of rotatable bonds is 3. The van der Waals surface area contributed by atoms with Crippen LogP contribution in [-0.2, 0) is 13.2 Å². The zero-order valence-electron chi connectivity index (χ0n) is 11.9. The van der Waals surface area contributed by atoms with Crippen LogP contribution in [0.25, 0.3) is 23.6 Å². The first-order chi connectivity index (χ1) is 10.9. The summed E-state index contributed by atoms with van der Waals surface area (Å²) in [6, 6.07) is 6.36. The lowest BCUT2D eigenvalue weighted by molar-refractivity contribution is -0.137. The zero-order valence-corrected chi connectivity index (χ0v) is 11.9. The summed E-state index contributed by atoms with van der Waals surface area (Å²) in [6.45, 7) is 0. The maximum absolute atomic E-state index is 12.5. The molecule has 0 atom stereocenters. The van der Waals surface area contributed by atoms with E-state index in [1.165, 1.54) is 12.1 Å². The Balaban J connectivity index is 1.79. The van der Waals surface area contributed by atoms with Gasteiger partial charge in [0.2, 0.25) is 11.8 Å². The predicted molar refractivity (Wildman–Crippen MR) is 76.9 cm³/mol. The summed E-state index contributed by atoms with van der Waals surface area (Å²) in [7, 11) is 1.79. The Morgan fingerprint density at radius 2 is 1.78 bits per heavy atom. The van der Waals surface area contributed by atoms with Crippen molar-refractivity contribution in [3.05, 3.63) is 53.7 Å². The van der Waals surface area contributed by atoms with Gasteiger partial charge < -0.3 is 4.42 Å². The van der Waals surface area contributed by atoms with Gasteiger partial charge in [-0.3, -0.25) is 4.68 Å². The highest BCUT2D eigenvalue weighted by Crippen LogP contribution is 2.30. The summed E-state index contributed by atoms with van der Waals surface area (Å²) in [5.41, 5.74) is 0.544. The van der Waals surface area contributed by atoms with E-state index in [0.29, 0.717) is 5.56 Å². The molecule has 0 aliphatic heterocycles. The second kappa shape index (κ2) is 5.71. The molecule has 8 heteroatoms. The lowest BCUT2D eigenvalue weighted by Crippen LogP contribution is -2.03. The normalized spacial score (nSPS) is 12.2. The van der Waals surface area contributed by atoms with Crippen molar-refractivity contribution in [3.63, 3.8) is 0 Å². The van der Waals surface area contributed by atoms with Gasteiger partial charge in [-0.25, -0.2) is 0 Å². The molecule has 118 valence electrons. The number of hydrogen-bond donors (Lipinski definition) is 0. The number of nitrogens with zero attached hydrogens (tertiary/aromatic N) is 4. The third kappa shape index (κ3) is 3.31. The van der Waals surface area contributed by atoms with E-state index in [2.05, 4.69) is 15.3 Å². The molecule has 2 heterocycles. The van der Waals surface area contributed by atoms with Crippen molar-refractivity contribution in [2.24, 2.45) is 7.05 Å². The van der Waals surface area contributed by atoms with Crippen LogP contribution >= 0.6 is 0 Å². The number of alkyl halides is 3. The van der Waals surface area contributed by atoms with Crippen LogP contribution < -0.4 is 0 Å². The van der Waals surface area contributed by atoms with E-state index in [-0.39, 0.29) is 11.8 Å². The maximum Gasteiger partial charge on any atom is 0.416 e. The Morgan fingerprint density at radius 3 is 2.39 bits per heavy atom. The highest BCUT2D eigenvalue weighted by molar-refractivity contribution is 5.64. The average molecular weight is 320 g/mol. The quantitative estimate of drug-likeness (QED) is 0.739. The first-order valence-electron chi connectivity index (χ1n) is 6.61. The number of aryl methyl sites for hydroxylation is 1. The van der Waals surface area contributed by atoms with Gasteiger partial charge in [-0.15, -0.1) is 10.2 Å². The number of benzene rings is 1. The van der Waals surface area contributed by atoms with E-state index in [1.807, 2.05) is 6.07 Å². The van der Waals surface area contributed by atoms with Crippen molar-refractivity contribution in [3.8, 4) is 11.5 Å². The molecule has 0 radical (unpaired) electrons. The molecule has 3 aromatic rings. The second-order valence-electron chi connectivity index (χ2n) is 4.73. The molecule has 2 aromatic heterocycles. The van der Waals surface area contributed by atoms with E-state index < -0.39 is 11.7 Å². The average Bonchev–Trinajstić information content (AvgIpc) is 3.13. The third-order valence-electron chi connectivity index (χ3n) is 3.16. The van der Waals surface area contributed by atoms with Gasteiger partial charge in [0, 0.05) is 24.9 Å². The van der Waals surface area contributed by atoms with Crippen LogP contribution in [0.3, 0.4) is 0 Å². The molecule has 0 saturated carbocycles. The second-order valence-corrected chi connectivity index (χ2v) is 4.73. The predicted octanol–water partition coefficient (Wildman–Crippen LogP) is 3.66. The summed E-state index contributed by atoms with van der Waals surface area (Å²) >= 11 is 0. The fourth-order valence-corrected chi connectivity index (χ4v) is 1.92. The minimum atomic E-state index is -4.37. The minimum Gasteiger partial charge on any atom is -0.417 e. The molecule has 0 aliphatic rings. The Hall–Kier alpha value is -2.90. The molecule has 1 aromatic carbocycles. The van der Waals surface area contributed by atoms with E-state index in [1.54, 1.807) is 30.1 Å². The van der Waals surface area contributed by atoms with Gasteiger partial charge in [-0.2, -0.15) is 18.3 Å². The molecule has 3 rings (SSSR count). The van der Waals surface area contributed by atoms with Crippen LogP contribution in [0.1, 0.15) is 17.1 Å². The number of hydrogen-bond acceptors (Lipinski definition) is 4. The van der Waals surface area contributed by atoms with Crippen LogP contribution in [-0.4, -0.2) is 20.0 Å². The van der Waals surface area contributed by atoms with Crippen molar-refractivity contribution < 1.29 is 17.6 Å². The Bertz CT molecular complexity index is 831. The standard InChI is InChI=1S/C15H11F3N4O/c1-22-12(8-9-19-22)6-7-13-20-21-14(23-13)10-2-4-11(5-3-10)15(16,17)18/h2-9H,1H3/b7-6+. The van der Waals surface area contributed by atoms with Gasteiger partial charge in [0.25, 0.3) is 0 Å². The molecular weight excluding hydrogens is 309 g/mol. The summed E-state index contributed by atoms with van der Waals surface area (Å²) in [5, 5.41) is 11.7. The Morgan fingerprint density at radius 1 is 1.04 bits per heavy atom. The fraction of sp³-hybridized carbons (Fsp3) is 0.133. The van der Waals surface area contributed by atoms with E-state index >= 15 is 0 Å². The highest BCUT2D eigenvalue weighted by atomic mass is 19.4. The summed E-state index contributed by atoms with van der Waals surface area (Å²) in [6.07, 6.45) is 0.639. The fourth-order valence-electron chi connectivity index (χ4n) is 1.92. The molecule has 0 amide bonds. The van der Waals surface area contributed by atoms with Crippen LogP contribution in [0.2, 0.25) is 0 Å². The van der Waals surface area contributed by atoms with Gasteiger partial charge in [0.1, 0.15) is 0 Å². The SMILES string of the molecule is Cn1nccc1/C=C/c1nnc(-c2ccc(C(F)(F)F)cc2)o1. The molecule has 0 bridgehead atoms. The topological polar surface area (TPSA) is 56.7 Å². The lowest BCUT2D eigenvalue weighted by Gasteiger charge is -2.05.